The van der Waals surface area contributed by atoms with Gasteiger partial charge in [-0.2, -0.15) is 0 Å². The molecule has 0 saturated carbocycles. The lowest BCUT2D eigenvalue weighted by Crippen LogP contribution is -2.07. The number of aromatic nitrogens is 3. The molecule has 0 atom stereocenters. The van der Waals surface area contributed by atoms with Gasteiger partial charge in [-0.05, 0) is 61.0 Å². The number of rotatable bonds is 0. The minimum atomic E-state index is 0.00154. The highest BCUT2D eigenvalue weighted by Gasteiger charge is 2.30. The summed E-state index contributed by atoms with van der Waals surface area (Å²) in [5.41, 5.74) is 8.99. The first kappa shape index (κ1) is 26.8. The molecule has 13 rings (SSSR count). The van der Waals surface area contributed by atoms with E-state index in [-0.39, 0.29) is 16.3 Å². The van der Waals surface area contributed by atoms with Gasteiger partial charge in [0.1, 0.15) is 0 Å². The molecule has 0 saturated heterocycles. The van der Waals surface area contributed by atoms with Crippen molar-refractivity contribution in [3.8, 4) is 0 Å². The zero-order valence-corrected chi connectivity index (χ0v) is 27.6. The van der Waals surface area contributed by atoms with Crippen molar-refractivity contribution in [3.05, 3.63) is 158 Å². The molecule has 6 heterocycles. The normalized spacial score (nSPS) is 12.9. The highest BCUT2D eigenvalue weighted by Crippen LogP contribution is 2.50. The molecule has 0 radical (unpaired) electrons. The van der Waals surface area contributed by atoms with Crippen LogP contribution < -0.4 is 16.3 Å². The van der Waals surface area contributed by atoms with Crippen LogP contribution >= 0.6 is 0 Å². The Morgan fingerprint density at radius 3 is 1.15 bits per heavy atom. The standard InChI is InChI=1S/C46H23N3O3/c1-22-20-21-28-37-42-35(26-13-8-15-29-38(26)48(42)32-18-6-3-11-24(32)45(29)51)41-36(43(37)49-33-19-7-4-12-25(33)46(52)34(22)40(28)49)27-14-9-16-30-39(27)47(41)31-17-5-2-10-23(31)44(30)50/h2-21H,1H3. The van der Waals surface area contributed by atoms with Crippen molar-refractivity contribution in [2.24, 2.45) is 0 Å². The minimum Gasteiger partial charge on any atom is -0.307 e. The molecule has 6 heteroatoms. The van der Waals surface area contributed by atoms with E-state index in [4.69, 9.17) is 0 Å². The molecule has 6 nitrogen and oxygen atoms in total. The van der Waals surface area contributed by atoms with E-state index in [1.165, 1.54) is 0 Å². The Balaban J connectivity index is 1.56. The summed E-state index contributed by atoms with van der Waals surface area (Å²) in [6.07, 6.45) is 0. The van der Waals surface area contributed by atoms with Gasteiger partial charge in [0.05, 0.1) is 55.0 Å². The number of hydrogen-bond donors (Lipinski definition) is 0. The highest BCUT2D eigenvalue weighted by molar-refractivity contribution is 6.42. The predicted molar refractivity (Wildman–Crippen MR) is 214 cm³/mol. The maximum absolute atomic E-state index is 14.4. The fourth-order valence-electron chi connectivity index (χ4n) is 9.96. The maximum atomic E-state index is 14.4. The molecule has 0 amide bonds. The lowest BCUT2D eigenvalue weighted by Gasteiger charge is -2.10. The largest absolute Gasteiger partial charge is 0.307 e. The maximum Gasteiger partial charge on any atom is 0.197 e. The Morgan fingerprint density at radius 1 is 0.308 bits per heavy atom. The summed E-state index contributed by atoms with van der Waals surface area (Å²) in [7, 11) is 0. The van der Waals surface area contributed by atoms with E-state index in [1.54, 1.807) is 0 Å². The Morgan fingerprint density at radius 2 is 0.673 bits per heavy atom. The van der Waals surface area contributed by atoms with E-state index in [2.05, 4.69) is 37.5 Å². The van der Waals surface area contributed by atoms with E-state index in [1.807, 2.05) is 104 Å². The highest BCUT2D eigenvalue weighted by atomic mass is 16.1. The third kappa shape index (κ3) is 2.71. The Hall–Kier alpha value is -7.05. The summed E-state index contributed by atoms with van der Waals surface area (Å²) >= 11 is 0. The van der Waals surface area contributed by atoms with Crippen LogP contribution in [0.25, 0.3) is 114 Å². The van der Waals surface area contributed by atoms with Crippen molar-refractivity contribution in [1.29, 1.82) is 0 Å². The first-order valence-electron chi connectivity index (χ1n) is 17.5. The van der Waals surface area contributed by atoms with Gasteiger partial charge in [0, 0.05) is 59.2 Å². The number of pyridine rings is 3. The summed E-state index contributed by atoms with van der Waals surface area (Å²) in [6, 6.07) is 39.9. The van der Waals surface area contributed by atoms with E-state index in [0.717, 1.165) is 87.5 Å². The first-order chi connectivity index (χ1) is 25.5. The number of nitrogens with zero attached hydrogens (tertiary/aromatic N) is 3. The van der Waals surface area contributed by atoms with Gasteiger partial charge in [0.15, 0.2) is 16.3 Å². The number of aryl methyl sites for hydroxylation is 1. The van der Waals surface area contributed by atoms with Gasteiger partial charge in [-0.15, -0.1) is 0 Å². The summed E-state index contributed by atoms with van der Waals surface area (Å²) in [4.78, 5) is 42.9. The Labute approximate surface area is 291 Å². The molecular weight excluding hydrogens is 643 g/mol. The second kappa shape index (κ2) is 8.63. The number of fused-ring (bicyclic) bond motifs is 18. The van der Waals surface area contributed by atoms with Crippen LogP contribution in [-0.2, 0) is 0 Å². The minimum absolute atomic E-state index is 0.00154. The van der Waals surface area contributed by atoms with Crippen LogP contribution in [0.15, 0.2) is 136 Å². The SMILES string of the molecule is Cc1ccc2c3c4c(c5cccc6c(=O)c7ccccc7n4c65)c4c(c5cccc6c(=O)c7ccccc7n4c65)c3n3c4ccccc4c(=O)c1c23. The van der Waals surface area contributed by atoms with Crippen molar-refractivity contribution in [2.75, 3.05) is 0 Å². The Kier molecular flexibility index (Phi) is 4.44. The molecule has 0 N–H and O–H groups in total. The summed E-state index contributed by atoms with van der Waals surface area (Å²) in [6.45, 7) is 2.01. The third-order valence-corrected chi connectivity index (χ3v) is 11.9. The van der Waals surface area contributed by atoms with Gasteiger partial charge in [0.25, 0.3) is 0 Å². The third-order valence-electron chi connectivity index (χ3n) is 11.9. The Bertz CT molecular complexity index is 3980. The molecule has 52 heavy (non-hydrogen) atoms. The van der Waals surface area contributed by atoms with Crippen LogP contribution in [-0.4, -0.2) is 13.2 Å². The van der Waals surface area contributed by atoms with Crippen LogP contribution in [0.2, 0.25) is 0 Å². The van der Waals surface area contributed by atoms with Gasteiger partial charge < -0.3 is 13.2 Å². The van der Waals surface area contributed by atoms with E-state index >= 15 is 0 Å². The molecule has 0 fully saturated rings. The summed E-state index contributed by atoms with van der Waals surface area (Å²) in [5, 5.41) is 9.92. The fourth-order valence-corrected chi connectivity index (χ4v) is 9.96. The van der Waals surface area contributed by atoms with Crippen molar-refractivity contribution in [3.63, 3.8) is 0 Å². The number of hydrogen-bond acceptors (Lipinski definition) is 3. The monoisotopic (exact) mass is 665 g/mol. The molecule has 13 aromatic rings. The lowest BCUT2D eigenvalue weighted by atomic mass is 10.0. The molecule has 0 aliphatic heterocycles. The lowest BCUT2D eigenvalue weighted by molar-refractivity contribution is 1.33. The molecule has 0 aliphatic rings. The topological polar surface area (TPSA) is 64.4 Å². The second-order valence-corrected chi connectivity index (χ2v) is 14.3. The van der Waals surface area contributed by atoms with Crippen LogP contribution in [0.5, 0.6) is 0 Å². The van der Waals surface area contributed by atoms with Gasteiger partial charge in [-0.25, -0.2) is 0 Å². The number of para-hydroxylation sites is 5. The zero-order valence-electron chi connectivity index (χ0n) is 27.6. The molecule has 0 spiro atoms. The molecule has 6 aromatic heterocycles. The fraction of sp³-hybridized carbons (Fsp3) is 0.0217. The molecular formula is C46H23N3O3. The van der Waals surface area contributed by atoms with E-state index < -0.39 is 0 Å². The molecule has 7 aromatic carbocycles. The zero-order chi connectivity index (χ0) is 34.3. The van der Waals surface area contributed by atoms with Gasteiger partial charge >= 0.3 is 0 Å². The first-order valence-corrected chi connectivity index (χ1v) is 17.5. The van der Waals surface area contributed by atoms with Crippen molar-refractivity contribution >= 4 is 114 Å². The van der Waals surface area contributed by atoms with Crippen LogP contribution in [0.1, 0.15) is 5.56 Å². The molecule has 0 bridgehead atoms. The quantitative estimate of drug-likeness (QED) is 0.152. The number of benzene rings is 7. The van der Waals surface area contributed by atoms with Crippen molar-refractivity contribution < 1.29 is 0 Å². The van der Waals surface area contributed by atoms with Crippen LogP contribution in [0.3, 0.4) is 0 Å². The van der Waals surface area contributed by atoms with Crippen LogP contribution in [0.4, 0.5) is 0 Å². The predicted octanol–water partition coefficient (Wildman–Crippen LogP) is 9.53. The average Bonchev–Trinajstić information content (AvgIpc) is 3.83. The van der Waals surface area contributed by atoms with Gasteiger partial charge in [-0.3, -0.25) is 14.4 Å². The molecule has 240 valence electrons. The average molecular weight is 666 g/mol. The smallest absolute Gasteiger partial charge is 0.197 e. The summed E-state index contributed by atoms with van der Waals surface area (Å²) < 4.78 is 6.88. The van der Waals surface area contributed by atoms with E-state index in [9.17, 15) is 14.4 Å². The second-order valence-electron chi connectivity index (χ2n) is 14.3. The van der Waals surface area contributed by atoms with Gasteiger partial charge in [0.2, 0.25) is 0 Å². The molecule has 0 unspecified atom stereocenters. The molecule has 0 aliphatic carbocycles. The van der Waals surface area contributed by atoms with Crippen molar-refractivity contribution in [2.45, 2.75) is 6.92 Å². The summed E-state index contributed by atoms with van der Waals surface area (Å²) in [5.74, 6) is 0. The van der Waals surface area contributed by atoms with Gasteiger partial charge in [-0.1, -0.05) is 72.8 Å². The van der Waals surface area contributed by atoms with Crippen LogP contribution in [0, 0.1) is 6.92 Å². The van der Waals surface area contributed by atoms with E-state index in [0.29, 0.717) is 32.3 Å². The van der Waals surface area contributed by atoms with Crippen molar-refractivity contribution in [1.82, 2.24) is 13.2 Å².